The summed E-state index contributed by atoms with van der Waals surface area (Å²) >= 11 is 0. The fourth-order valence-electron chi connectivity index (χ4n) is 2.22. The topological polar surface area (TPSA) is 64.5 Å². The summed E-state index contributed by atoms with van der Waals surface area (Å²) in [6, 6.07) is 1.76. The molecular weight excluding hydrogens is 264 g/mol. The van der Waals surface area contributed by atoms with Gasteiger partial charge in [0, 0.05) is 31.3 Å². The van der Waals surface area contributed by atoms with Crippen molar-refractivity contribution in [1.29, 1.82) is 0 Å². The third kappa shape index (κ3) is 14.5. The normalized spacial score (nSPS) is 23.3. The van der Waals surface area contributed by atoms with E-state index >= 15 is 0 Å². The molecule has 1 aliphatic rings. The molecule has 0 aliphatic heterocycles. The third-order valence-corrected chi connectivity index (χ3v) is 3.45. The molecule has 130 valence electrons. The van der Waals surface area contributed by atoms with Gasteiger partial charge in [0.15, 0.2) is 0 Å². The molecule has 1 saturated carbocycles. The lowest BCUT2D eigenvalue weighted by molar-refractivity contribution is 0.115. The molecule has 0 amide bonds. The van der Waals surface area contributed by atoms with Gasteiger partial charge in [-0.15, -0.1) is 0 Å². The van der Waals surface area contributed by atoms with Gasteiger partial charge in [-0.3, -0.25) is 0 Å². The van der Waals surface area contributed by atoms with Crippen molar-refractivity contribution in [2.24, 2.45) is 5.92 Å². The Morgan fingerprint density at radius 1 is 0.952 bits per heavy atom. The molecule has 0 saturated heterocycles. The first-order valence-electron chi connectivity index (χ1n) is 8.13. The number of hydrogen-bond acceptors (Lipinski definition) is 4. The van der Waals surface area contributed by atoms with Crippen LogP contribution in [0.2, 0.25) is 0 Å². The Morgan fingerprint density at radius 3 is 1.86 bits per heavy atom. The highest BCUT2D eigenvalue weighted by Crippen LogP contribution is 2.18. The Bertz CT molecular complexity index is 215. The van der Waals surface area contributed by atoms with Crippen molar-refractivity contribution >= 4 is 0 Å². The summed E-state index contributed by atoms with van der Waals surface area (Å²) in [6.45, 7) is 11.8. The van der Waals surface area contributed by atoms with Crippen LogP contribution in [0.4, 0.5) is 0 Å². The standard InChI is InChI=1S/C9H19NO.C7H17NO.CH4/c1-7(2)10-8-3-5-9(11)6-4-8;1-6(2)8-4-7(3)5-9;/h7-11H,3-6H2,1-2H3;6-9H,4-5H2,1-3H3;1H4. The lowest BCUT2D eigenvalue weighted by Crippen LogP contribution is -2.38. The molecule has 21 heavy (non-hydrogen) atoms. The minimum atomic E-state index is -0.0276. The van der Waals surface area contributed by atoms with E-state index < -0.39 is 0 Å². The molecule has 0 radical (unpaired) electrons. The van der Waals surface area contributed by atoms with Gasteiger partial charge in [0.05, 0.1) is 6.10 Å². The minimum Gasteiger partial charge on any atom is -0.396 e. The van der Waals surface area contributed by atoms with Crippen LogP contribution in [-0.4, -0.2) is 47.6 Å². The van der Waals surface area contributed by atoms with Crippen LogP contribution in [0.5, 0.6) is 0 Å². The van der Waals surface area contributed by atoms with E-state index in [1.165, 1.54) is 0 Å². The Balaban J connectivity index is 0. The lowest BCUT2D eigenvalue weighted by Gasteiger charge is -2.27. The smallest absolute Gasteiger partial charge is 0.0541 e. The average Bonchev–Trinajstić information content (AvgIpc) is 2.39. The van der Waals surface area contributed by atoms with Crippen molar-refractivity contribution < 1.29 is 10.2 Å². The van der Waals surface area contributed by atoms with Gasteiger partial charge in [0.2, 0.25) is 0 Å². The molecule has 0 spiro atoms. The first kappa shape index (κ1) is 23.1. The van der Waals surface area contributed by atoms with Gasteiger partial charge >= 0.3 is 0 Å². The van der Waals surface area contributed by atoms with Crippen LogP contribution >= 0.6 is 0 Å². The molecule has 4 N–H and O–H groups in total. The molecule has 0 aromatic rings. The number of rotatable bonds is 6. The summed E-state index contributed by atoms with van der Waals surface area (Å²) in [5.74, 6) is 0.382. The zero-order valence-electron chi connectivity index (χ0n) is 14.0. The first-order chi connectivity index (χ1) is 9.35. The fraction of sp³-hybridized carbons (Fsp3) is 1.00. The predicted molar refractivity (Wildman–Crippen MR) is 92.7 cm³/mol. The van der Waals surface area contributed by atoms with Crippen LogP contribution in [0.15, 0.2) is 0 Å². The van der Waals surface area contributed by atoms with Crippen molar-refractivity contribution in [2.45, 2.75) is 92.0 Å². The average molecular weight is 305 g/mol. The summed E-state index contributed by atoms with van der Waals surface area (Å²) in [5.41, 5.74) is 0. The molecule has 1 unspecified atom stereocenters. The number of hydrogen-bond donors (Lipinski definition) is 4. The second kappa shape index (κ2) is 13.5. The fourth-order valence-corrected chi connectivity index (χ4v) is 2.22. The summed E-state index contributed by atoms with van der Waals surface area (Å²) in [6.07, 6.45) is 4.20. The summed E-state index contributed by atoms with van der Waals surface area (Å²) in [7, 11) is 0. The molecule has 1 rings (SSSR count). The molecule has 0 bridgehead atoms. The van der Waals surface area contributed by atoms with Crippen LogP contribution in [0.3, 0.4) is 0 Å². The van der Waals surface area contributed by atoms with E-state index in [2.05, 4.69) is 38.3 Å². The summed E-state index contributed by atoms with van der Waals surface area (Å²) < 4.78 is 0. The SMILES string of the molecule is C.CC(C)NC1CCC(O)CC1.CC(CO)CNC(C)C. The molecule has 1 fully saturated rings. The molecule has 0 aromatic heterocycles. The third-order valence-electron chi connectivity index (χ3n) is 3.45. The van der Waals surface area contributed by atoms with Crippen molar-refractivity contribution in [3.05, 3.63) is 0 Å². The molecule has 0 aromatic carbocycles. The molecule has 1 aliphatic carbocycles. The second-order valence-electron chi connectivity index (χ2n) is 6.68. The second-order valence-corrected chi connectivity index (χ2v) is 6.68. The zero-order valence-corrected chi connectivity index (χ0v) is 14.0. The monoisotopic (exact) mass is 304 g/mol. The maximum Gasteiger partial charge on any atom is 0.0541 e. The molecule has 1 atom stereocenters. The van der Waals surface area contributed by atoms with E-state index in [-0.39, 0.29) is 20.1 Å². The van der Waals surface area contributed by atoms with E-state index in [9.17, 15) is 5.11 Å². The van der Waals surface area contributed by atoms with Gasteiger partial charge < -0.3 is 20.8 Å². The van der Waals surface area contributed by atoms with E-state index in [0.29, 0.717) is 24.0 Å². The largest absolute Gasteiger partial charge is 0.396 e. The number of aliphatic hydroxyl groups excluding tert-OH is 2. The predicted octanol–water partition coefficient (Wildman–Crippen LogP) is 2.54. The van der Waals surface area contributed by atoms with Crippen LogP contribution in [0.25, 0.3) is 0 Å². The highest BCUT2D eigenvalue weighted by Gasteiger charge is 2.18. The van der Waals surface area contributed by atoms with Crippen LogP contribution in [0, 0.1) is 5.92 Å². The maximum absolute atomic E-state index is 9.23. The maximum atomic E-state index is 9.23. The van der Waals surface area contributed by atoms with Gasteiger partial charge in [0.25, 0.3) is 0 Å². The first-order valence-corrected chi connectivity index (χ1v) is 8.13. The van der Waals surface area contributed by atoms with Crippen molar-refractivity contribution in [1.82, 2.24) is 10.6 Å². The van der Waals surface area contributed by atoms with E-state index in [1.807, 2.05) is 6.92 Å². The molecule has 0 heterocycles. The Kier molecular flexibility index (Phi) is 14.9. The van der Waals surface area contributed by atoms with Gasteiger partial charge in [-0.25, -0.2) is 0 Å². The number of nitrogens with one attached hydrogen (secondary N) is 2. The highest BCUT2D eigenvalue weighted by atomic mass is 16.3. The Hall–Kier alpha value is -0.160. The minimum absolute atomic E-state index is 0. The molecular formula is C17H40N2O2. The molecule has 4 heteroatoms. The summed E-state index contributed by atoms with van der Waals surface area (Å²) in [5, 5.41) is 24.6. The van der Waals surface area contributed by atoms with Crippen molar-refractivity contribution in [3.63, 3.8) is 0 Å². The Morgan fingerprint density at radius 2 is 1.48 bits per heavy atom. The van der Waals surface area contributed by atoms with Gasteiger partial charge in [-0.05, 0) is 31.6 Å². The Labute approximate surface area is 132 Å². The van der Waals surface area contributed by atoms with E-state index in [0.717, 1.165) is 32.2 Å². The van der Waals surface area contributed by atoms with Crippen molar-refractivity contribution in [2.75, 3.05) is 13.2 Å². The highest BCUT2D eigenvalue weighted by molar-refractivity contribution is 4.77. The van der Waals surface area contributed by atoms with E-state index in [1.54, 1.807) is 0 Å². The van der Waals surface area contributed by atoms with Gasteiger partial charge in [-0.1, -0.05) is 42.0 Å². The van der Waals surface area contributed by atoms with Crippen molar-refractivity contribution in [3.8, 4) is 0 Å². The van der Waals surface area contributed by atoms with Crippen LogP contribution in [-0.2, 0) is 0 Å². The zero-order chi connectivity index (χ0) is 15.5. The van der Waals surface area contributed by atoms with Gasteiger partial charge in [-0.2, -0.15) is 0 Å². The summed E-state index contributed by atoms with van der Waals surface area (Å²) in [4.78, 5) is 0. The van der Waals surface area contributed by atoms with E-state index in [4.69, 9.17) is 5.11 Å². The lowest BCUT2D eigenvalue weighted by atomic mass is 9.93. The van der Waals surface area contributed by atoms with Crippen LogP contribution < -0.4 is 10.6 Å². The number of aliphatic hydroxyl groups is 2. The molecule has 4 nitrogen and oxygen atoms in total. The van der Waals surface area contributed by atoms with Gasteiger partial charge in [0.1, 0.15) is 0 Å². The van der Waals surface area contributed by atoms with Crippen LogP contribution in [0.1, 0.15) is 67.7 Å². The quantitative estimate of drug-likeness (QED) is 0.609.